The molecule has 0 bridgehead atoms. The van der Waals surface area contributed by atoms with Crippen LogP contribution in [0.15, 0.2) is 48.5 Å². The predicted molar refractivity (Wildman–Crippen MR) is 118 cm³/mol. The van der Waals surface area contributed by atoms with Crippen molar-refractivity contribution in [1.29, 1.82) is 0 Å². The van der Waals surface area contributed by atoms with Gasteiger partial charge in [-0.1, -0.05) is 30.3 Å². The van der Waals surface area contributed by atoms with Gasteiger partial charge in [-0.15, -0.1) is 0 Å². The number of methoxy groups -OCH3 is 3. The molecule has 0 N–H and O–H groups in total. The van der Waals surface area contributed by atoms with Gasteiger partial charge in [-0.25, -0.2) is 4.79 Å². The third kappa shape index (κ3) is 4.09. The first-order valence-electron chi connectivity index (χ1n) is 10.3. The fourth-order valence-corrected chi connectivity index (χ4v) is 3.96. The molecule has 0 saturated carbocycles. The van der Waals surface area contributed by atoms with Gasteiger partial charge in [-0.05, 0) is 30.0 Å². The molecule has 1 aliphatic rings. The number of benzene rings is 3. The summed E-state index contributed by atoms with van der Waals surface area (Å²) in [6.45, 7) is 2.13. The average molecular weight is 438 g/mol. The van der Waals surface area contributed by atoms with Crippen LogP contribution in [0, 0.1) is 0 Å². The van der Waals surface area contributed by atoms with Crippen molar-refractivity contribution in [3.63, 3.8) is 0 Å². The fourth-order valence-electron chi connectivity index (χ4n) is 3.96. The van der Waals surface area contributed by atoms with E-state index in [4.69, 9.17) is 28.4 Å². The maximum atomic E-state index is 13.1. The van der Waals surface area contributed by atoms with Gasteiger partial charge in [0.2, 0.25) is 0 Å². The molecule has 0 spiro atoms. The summed E-state index contributed by atoms with van der Waals surface area (Å²) < 4.78 is 34.0. The highest BCUT2D eigenvalue weighted by atomic mass is 16.7. The zero-order chi connectivity index (χ0) is 22.7. The van der Waals surface area contributed by atoms with E-state index < -0.39 is 18.2 Å². The van der Waals surface area contributed by atoms with Crippen LogP contribution >= 0.6 is 0 Å². The van der Waals surface area contributed by atoms with E-state index in [1.807, 2.05) is 42.5 Å². The van der Waals surface area contributed by atoms with Crippen molar-refractivity contribution in [2.45, 2.75) is 25.7 Å². The quantitative estimate of drug-likeness (QED) is 0.374. The van der Waals surface area contributed by atoms with E-state index in [2.05, 4.69) is 0 Å². The number of cyclic esters (lactones) is 1. The Hall–Kier alpha value is -3.29. The summed E-state index contributed by atoms with van der Waals surface area (Å²) >= 11 is 0. The molecule has 1 heterocycles. The van der Waals surface area contributed by atoms with Crippen LogP contribution in [-0.4, -0.2) is 40.2 Å². The number of ether oxygens (including phenoxy) is 6. The maximum absolute atomic E-state index is 13.1. The van der Waals surface area contributed by atoms with Gasteiger partial charge in [0, 0.05) is 18.7 Å². The lowest BCUT2D eigenvalue weighted by molar-refractivity contribution is -0.118. The highest BCUT2D eigenvalue weighted by Gasteiger charge is 2.38. The second-order valence-electron chi connectivity index (χ2n) is 7.48. The van der Waals surface area contributed by atoms with Gasteiger partial charge in [-0.2, -0.15) is 0 Å². The van der Waals surface area contributed by atoms with Crippen molar-refractivity contribution in [3.8, 4) is 17.2 Å². The summed E-state index contributed by atoms with van der Waals surface area (Å²) in [7, 11) is 4.71. The molecule has 4 rings (SSSR count). The number of hydrogen-bond acceptors (Lipinski definition) is 7. The number of carbonyl (C=O) groups is 1. The van der Waals surface area contributed by atoms with Gasteiger partial charge in [-0.3, -0.25) is 0 Å². The molecule has 0 radical (unpaired) electrons. The molecule has 0 fully saturated rings. The molecule has 0 aliphatic carbocycles. The Morgan fingerprint density at radius 1 is 1.00 bits per heavy atom. The minimum atomic E-state index is -0.511. The number of fused-ring (bicyclic) bond motifs is 2. The first-order chi connectivity index (χ1) is 15.6. The molecule has 0 amide bonds. The SMILES string of the molecule is COCO[C@H]1c2cc3cc(OC)cc(OC)c3c(OCc3ccccc3)c2C(=O)O[C@H]1C. The lowest BCUT2D eigenvalue weighted by Gasteiger charge is -2.32. The number of esters is 1. The Bertz CT molecular complexity index is 1110. The standard InChI is InChI=1S/C25H26O7/c1-15-23(31-14-27-2)19-11-17-10-18(28-3)12-20(29-4)21(17)24(22(19)25(26)32-15)30-13-16-8-6-5-7-9-16/h5-12,15,23H,13-14H2,1-4H3/t15-,23+/m0/s1. The highest BCUT2D eigenvalue weighted by molar-refractivity contribution is 6.06. The summed E-state index contributed by atoms with van der Waals surface area (Å²) in [6.07, 6.45) is -1.000. The molecular weight excluding hydrogens is 412 g/mol. The van der Waals surface area contributed by atoms with Crippen LogP contribution in [0.5, 0.6) is 17.2 Å². The van der Waals surface area contributed by atoms with Crippen molar-refractivity contribution in [2.24, 2.45) is 0 Å². The Balaban J connectivity index is 1.94. The summed E-state index contributed by atoms with van der Waals surface area (Å²) in [5, 5.41) is 1.47. The average Bonchev–Trinajstić information content (AvgIpc) is 2.81. The Morgan fingerprint density at radius 2 is 1.78 bits per heavy atom. The molecule has 1 aliphatic heterocycles. The summed E-state index contributed by atoms with van der Waals surface area (Å²) in [6, 6.07) is 15.3. The highest BCUT2D eigenvalue weighted by Crippen LogP contribution is 2.46. The smallest absolute Gasteiger partial charge is 0.342 e. The third-order valence-corrected chi connectivity index (χ3v) is 5.44. The summed E-state index contributed by atoms with van der Waals surface area (Å²) in [5.41, 5.74) is 1.98. The molecule has 3 aromatic carbocycles. The third-order valence-electron chi connectivity index (χ3n) is 5.44. The molecule has 3 aromatic rings. The van der Waals surface area contributed by atoms with Gasteiger partial charge in [0.15, 0.2) is 0 Å². The van der Waals surface area contributed by atoms with E-state index in [9.17, 15) is 4.79 Å². The topological polar surface area (TPSA) is 72.5 Å². The molecule has 32 heavy (non-hydrogen) atoms. The van der Waals surface area contributed by atoms with Gasteiger partial charge in [0.25, 0.3) is 0 Å². The lowest BCUT2D eigenvalue weighted by atomic mass is 9.91. The summed E-state index contributed by atoms with van der Waals surface area (Å²) in [5.74, 6) is 1.09. The van der Waals surface area contributed by atoms with Gasteiger partial charge in [0.1, 0.15) is 48.4 Å². The van der Waals surface area contributed by atoms with E-state index in [0.29, 0.717) is 33.8 Å². The minimum Gasteiger partial charge on any atom is -0.497 e. The van der Waals surface area contributed by atoms with Crippen LogP contribution in [0.1, 0.15) is 34.5 Å². The van der Waals surface area contributed by atoms with E-state index in [-0.39, 0.29) is 13.4 Å². The first kappa shape index (κ1) is 21.9. The Labute approximate surface area is 186 Å². The van der Waals surface area contributed by atoms with E-state index >= 15 is 0 Å². The number of rotatable bonds is 8. The van der Waals surface area contributed by atoms with Crippen molar-refractivity contribution in [3.05, 3.63) is 65.2 Å². The molecule has 0 unspecified atom stereocenters. The van der Waals surface area contributed by atoms with Crippen LogP contribution in [0.2, 0.25) is 0 Å². The molecule has 0 aromatic heterocycles. The van der Waals surface area contributed by atoms with Crippen LogP contribution in [0.3, 0.4) is 0 Å². The van der Waals surface area contributed by atoms with Crippen molar-refractivity contribution in [2.75, 3.05) is 28.1 Å². The Morgan fingerprint density at radius 3 is 2.47 bits per heavy atom. The van der Waals surface area contributed by atoms with E-state index in [0.717, 1.165) is 10.9 Å². The zero-order valence-corrected chi connectivity index (χ0v) is 18.5. The van der Waals surface area contributed by atoms with Gasteiger partial charge < -0.3 is 28.4 Å². The van der Waals surface area contributed by atoms with Gasteiger partial charge >= 0.3 is 5.97 Å². The second-order valence-corrected chi connectivity index (χ2v) is 7.48. The second kappa shape index (κ2) is 9.46. The Kier molecular flexibility index (Phi) is 6.48. The van der Waals surface area contributed by atoms with Gasteiger partial charge in [0.05, 0.1) is 19.6 Å². The molecule has 2 atom stereocenters. The number of hydrogen-bond donors (Lipinski definition) is 0. The maximum Gasteiger partial charge on any atom is 0.342 e. The first-order valence-corrected chi connectivity index (χ1v) is 10.3. The molecule has 7 heteroatoms. The van der Waals surface area contributed by atoms with Crippen LogP contribution in [0.4, 0.5) is 0 Å². The zero-order valence-electron chi connectivity index (χ0n) is 18.5. The largest absolute Gasteiger partial charge is 0.497 e. The molecule has 7 nitrogen and oxygen atoms in total. The van der Waals surface area contributed by atoms with Crippen molar-refractivity contribution >= 4 is 16.7 Å². The van der Waals surface area contributed by atoms with E-state index in [1.54, 1.807) is 34.3 Å². The monoisotopic (exact) mass is 438 g/mol. The van der Waals surface area contributed by atoms with Crippen LogP contribution in [0.25, 0.3) is 10.8 Å². The number of carbonyl (C=O) groups excluding carboxylic acids is 1. The minimum absolute atomic E-state index is 0.0612. The van der Waals surface area contributed by atoms with E-state index in [1.165, 1.54) is 0 Å². The molecular formula is C25H26O7. The lowest BCUT2D eigenvalue weighted by Crippen LogP contribution is -2.32. The molecule has 168 valence electrons. The van der Waals surface area contributed by atoms with Crippen LogP contribution in [-0.2, 0) is 20.8 Å². The summed E-state index contributed by atoms with van der Waals surface area (Å²) in [4.78, 5) is 13.1. The predicted octanol–water partition coefficient (Wildman–Crippen LogP) is 4.66. The van der Waals surface area contributed by atoms with Crippen molar-refractivity contribution in [1.82, 2.24) is 0 Å². The van der Waals surface area contributed by atoms with Crippen LogP contribution < -0.4 is 14.2 Å². The normalized spacial score (nSPS) is 17.6. The molecule has 0 saturated heterocycles. The fraction of sp³-hybridized carbons (Fsp3) is 0.320. The van der Waals surface area contributed by atoms with Crippen molar-refractivity contribution < 1.29 is 33.2 Å².